The zero-order valence-electron chi connectivity index (χ0n) is 16.5. The predicted octanol–water partition coefficient (Wildman–Crippen LogP) is 4.53. The highest BCUT2D eigenvalue weighted by molar-refractivity contribution is 5.97. The van der Waals surface area contributed by atoms with Gasteiger partial charge in [0, 0.05) is 22.6 Å². The van der Waals surface area contributed by atoms with Crippen molar-refractivity contribution in [3.8, 4) is 34.0 Å². The fraction of sp³-hybridized carbons (Fsp3) is 0.0833. The Morgan fingerprint density at radius 3 is 2.07 bits per heavy atom. The molecule has 0 aliphatic rings. The van der Waals surface area contributed by atoms with Crippen molar-refractivity contribution in [2.24, 2.45) is 0 Å². The Kier molecular flexibility index (Phi) is 4.25. The van der Waals surface area contributed by atoms with E-state index in [9.17, 15) is 4.79 Å². The monoisotopic (exact) mass is 397 g/mol. The molecular weight excluding hydrogens is 378 g/mol. The van der Waals surface area contributed by atoms with E-state index in [2.05, 4.69) is 4.98 Å². The Morgan fingerprint density at radius 1 is 0.833 bits per heavy atom. The molecule has 6 nitrogen and oxygen atoms in total. The van der Waals surface area contributed by atoms with E-state index in [1.165, 1.54) is 0 Å². The molecule has 0 unspecified atom stereocenters. The number of rotatable bonds is 4. The number of H-pyrrole nitrogens is 1. The van der Waals surface area contributed by atoms with Crippen molar-refractivity contribution in [2.45, 2.75) is 0 Å². The van der Waals surface area contributed by atoms with Gasteiger partial charge in [0.25, 0.3) is 0 Å². The van der Waals surface area contributed by atoms with Crippen LogP contribution >= 0.6 is 0 Å². The molecule has 148 valence electrons. The Bertz CT molecular complexity index is 1420. The van der Waals surface area contributed by atoms with Crippen LogP contribution in [0.25, 0.3) is 39.1 Å². The van der Waals surface area contributed by atoms with E-state index in [0.717, 1.165) is 27.9 Å². The van der Waals surface area contributed by atoms with Gasteiger partial charge in [0.05, 0.1) is 31.1 Å². The van der Waals surface area contributed by atoms with Crippen LogP contribution in [0.3, 0.4) is 0 Å². The molecule has 0 fully saturated rings. The van der Waals surface area contributed by atoms with E-state index < -0.39 is 0 Å². The number of fused-ring (bicyclic) bond motifs is 3. The van der Waals surface area contributed by atoms with Crippen LogP contribution in [0.15, 0.2) is 77.6 Å². The molecule has 5 aromatic rings. The average Bonchev–Trinajstić information content (AvgIpc) is 3.21. The summed E-state index contributed by atoms with van der Waals surface area (Å²) in [6.45, 7) is 0. The number of imidazole rings is 1. The van der Waals surface area contributed by atoms with Gasteiger partial charge in [-0.25, -0.2) is 14.2 Å². The fourth-order valence-electron chi connectivity index (χ4n) is 3.80. The van der Waals surface area contributed by atoms with Crippen molar-refractivity contribution < 1.29 is 9.47 Å². The number of hydrogen-bond acceptors (Lipinski definition) is 4. The van der Waals surface area contributed by atoms with Crippen LogP contribution in [0.1, 0.15) is 0 Å². The lowest BCUT2D eigenvalue weighted by Gasteiger charge is -2.10. The predicted molar refractivity (Wildman–Crippen MR) is 117 cm³/mol. The molecule has 2 aromatic heterocycles. The van der Waals surface area contributed by atoms with Gasteiger partial charge in [-0.05, 0) is 6.07 Å². The van der Waals surface area contributed by atoms with Gasteiger partial charge in [-0.15, -0.1) is 0 Å². The van der Waals surface area contributed by atoms with Crippen LogP contribution in [-0.2, 0) is 0 Å². The Morgan fingerprint density at radius 2 is 1.43 bits per heavy atom. The van der Waals surface area contributed by atoms with E-state index >= 15 is 0 Å². The van der Waals surface area contributed by atoms with Crippen molar-refractivity contribution >= 4 is 16.6 Å². The largest absolute Gasteiger partial charge is 0.493 e. The molecule has 1 N–H and O–H groups in total. The summed E-state index contributed by atoms with van der Waals surface area (Å²) >= 11 is 0. The molecule has 5 rings (SSSR count). The number of benzene rings is 3. The summed E-state index contributed by atoms with van der Waals surface area (Å²) in [5.41, 5.74) is 4.27. The topological polar surface area (TPSA) is 68.6 Å². The lowest BCUT2D eigenvalue weighted by atomic mass is 10.1. The van der Waals surface area contributed by atoms with Gasteiger partial charge in [0.2, 0.25) is 0 Å². The second kappa shape index (κ2) is 7.08. The molecule has 0 bridgehead atoms. The number of methoxy groups -OCH3 is 2. The van der Waals surface area contributed by atoms with Crippen LogP contribution in [0.5, 0.6) is 11.5 Å². The van der Waals surface area contributed by atoms with Gasteiger partial charge in [-0.3, -0.25) is 0 Å². The first kappa shape index (κ1) is 18.0. The first-order valence-corrected chi connectivity index (χ1v) is 9.52. The van der Waals surface area contributed by atoms with Gasteiger partial charge in [-0.2, -0.15) is 0 Å². The molecule has 0 saturated heterocycles. The summed E-state index contributed by atoms with van der Waals surface area (Å²) in [6, 6.07) is 23.3. The Hall–Kier alpha value is -4.06. The summed E-state index contributed by atoms with van der Waals surface area (Å²) in [5.74, 6) is 1.12. The van der Waals surface area contributed by atoms with Gasteiger partial charge < -0.3 is 14.5 Å². The van der Waals surface area contributed by atoms with E-state index in [1.807, 2.05) is 66.7 Å². The van der Waals surface area contributed by atoms with Crippen molar-refractivity contribution in [3.63, 3.8) is 0 Å². The lowest BCUT2D eigenvalue weighted by Crippen LogP contribution is -2.17. The summed E-state index contributed by atoms with van der Waals surface area (Å²) < 4.78 is 12.5. The van der Waals surface area contributed by atoms with E-state index in [4.69, 9.17) is 14.5 Å². The molecular formula is C24H19N3O3. The fourth-order valence-corrected chi connectivity index (χ4v) is 3.80. The number of ether oxygens (including phenoxy) is 2. The molecule has 6 heteroatoms. The molecule has 0 saturated carbocycles. The summed E-state index contributed by atoms with van der Waals surface area (Å²) in [5, 5.41) is 0.770. The number of aromatic nitrogens is 3. The minimum Gasteiger partial charge on any atom is -0.493 e. The minimum absolute atomic E-state index is 0.266. The summed E-state index contributed by atoms with van der Waals surface area (Å²) in [6.07, 6.45) is 0. The Labute approximate surface area is 172 Å². The number of nitrogens with one attached hydrogen (secondary N) is 1. The van der Waals surface area contributed by atoms with Gasteiger partial charge >= 0.3 is 5.69 Å². The molecule has 2 heterocycles. The van der Waals surface area contributed by atoms with Crippen LogP contribution in [0.4, 0.5) is 0 Å². The van der Waals surface area contributed by atoms with Crippen molar-refractivity contribution in [1.82, 2.24) is 14.4 Å². The third kappa shape index (κ3) is 2.73. The van der Waals surface area contributed by atoms with Crippen LogP contribution in [-0.4, -0.2) is 28.6 Å². The highest BCUT2D eigenvalue weighted by Crippen LogP contribution is 2.36. The van der Waals surface area contributed by atoms with Gasteiger partial charge in [-0.1, -0.05) is 60.7 Å². The van der Waals surface area contributed by atoms with Crippen LogP contribution in [0.2, 0.25) is 0 Å². The van der Waals surface area contributed by atoms with Crippen molar-refractivity contribution in [2.75, 3.05) is 14.2 Å². The molecule has 0 aliphatic carbocycles. The van der Waals surface area contributed by atoms with E-state index in [-0.39, 0.29) is 5.69 Å². The van der Waals surface area contributed by atoms with Gasteiger partial charge in [0.1, 0.15) is 0 Å². The summed E-state index contributed by atoms with van der Waals surface area (Å²) in [7, 11) is 3.15. The van der Waals surface area contributed by atoms with Crippen molar-refractivity contribution in [1.29, 1.82) is 0 Å². The first-order chi connectivity index (χ1) is 14.7. The molecule has 0 spiro atoms. The van der Waals surface area contributed by atoms with Crippen molar-refractivity contribution in [3.05, 3.63) is 83.3 Å². The minimum atomic E-state index is -0.266. The lowest BCUT2D eigenvalue weighted by molar-refractivity contribution is 0.356. The van der Waals surface area contributed by atoms with Gasteiger partial charge in [0.15, 0.2) is 17.1 Å². The molecule has 0 atom stereocenters. The quantitative estimate of drug-likeness (QED) is 0.484. The highest BCUT2D eigenvalue weighted by atomic mass is 16.5. The molecule has 0 amide bonds. The maximum atomic E-state index is 13.2. The SMILES string of the molecule is COc1cc2[nH]c(=O)n3c(-c4ccccc4)c(-c4ccccc4)nc3c2cc1OC. The standard InChI is InChI=1S/C24H19N3O3/c1-29-19-13-17-18(14-20(19)30-2)25-24(28)27-22(16-11-7-4-8-12-16)21(26-23(17)27)15-9-5-3-6-10-15/h3-14H,1-2H3,(H,25,28). The zero-order valence-corrected chi connectivity index (χ0v) is 16.5. The third-order valence-corrected chi connectivity index (χ3v) is 5.18. The number of aromatic amines is 1. The maximum Gasteiger partial charge on any atom is 0.332 e. The molecule has 0 radical (unpaired) electrons. The number of hydrogen-bond donors (Lipinski definition) is 1. The second-order valence-electron chi connectivity index (χ2n) is 6.88. The maximum absolute atomic E-state index is 13.2. The highest BCUT2D eigenvalue weighted by Gasteiger charge is 2.21. The number of nitrogens with zero attached hydrogens (tertiary/aromatic N) is 2. The normalized spacial score (nSPS) is 11.1. The smallest absolute Gasteiger partial charge is 0.332 e. The zero-order chi connectivity index (χ0) is 20.7. The average molecular weight is 397 g/mol. The van der Waals surface area contributed by atoms with Crippen LogP contribution in [0, 0.1) is 0 Å². The molecule has 3 aromatic carbocycles. The van der Waals surface area contributed by atoms with Crippen LogP contribution < -0.4 is 15.2 Å². The molecule has 30 heavy (non-hydrogen) atoms. The van der Waals surface area contributed by atoms with E-state index in [1.54, 1.807) is 24.7 Å². The Balaban J connectivity index is 1.95. The second-order valence-corrected chi connectivity index (χ2v) is 6.88. The van der Waals surface area contributed by atoms with E-state index in [0.29, 0.717) is 22.7 Å². The first-order valence-electron chi connectivity index (χ1n) is 9.52. The summed E-state index contributed by atoms with van der Waals surface area (Å²) in [4.78, 5) is 21.1. The molecule has 0 aliphatic heterocycles. The third-order valence-electron chi connectivity index (χ3n) is 5.18.